The number of carbonyl (C=O) groups is 2. The Morgan fingerprint density at radius 2 is 2.09 bits per heavy atom. The van der Waals surface area contributed by atoms with Gasteiger partial charge in [0.1, 0.15) is 17.4 Å². The summed E-state index contributed by atoms with van der Waals surface area (Å²) >= 11 is 0. The second-order valence-corrected chi connectivity index (χ2v) is 5.46. The number of ether oxygens (including phenoxy) is 1. The zero-order valence-corrected chi connectivity index (χ0v) is 13.3. The molecular weight excluding hydrogens is 282 g/mol. The van der Waals surface area contributed by atoms with E-state index in [1.165, 1.54) is 7.11 Å². The van der Waals surface area contributed by atoms with Gasteiger partial charge in [0.05, 0.1) is 7.11 Å². The summed E-state index contributed by atoms with van der Waals surface area (Å²) in [5.41, 5.74) is 2.04. The zero-order chi connectivity index (χ0) is 16.3. The number of nitrogens with zero attached hydrogens (tertiary/aromatic N) is 2. The summed E-state index contributed by atoms with van der Waals surface area (Å²) in [6.07, 6.45) is 4.30. The molecular formula is C16H21N3O3. The van der Waals surface area contributed by atoms with E-state index >= 15 is 0 Å². The van der Waals surface area contributed by atoms with Crippen LogP contribution in [0.25, 0.3) is 5.65 Å². The van der Waals surface area contributed by atoms with Gasteiger partial charge in [-0.1, -0.05) is 26.3 Å². The maximum atomic E-state index is 12.4. The number of pyridine rings is 1. The first-order valence-electron chi connectivity index (χ1n) is 7.30. The lowest BCUT2D eigenvalue weighted by Gasteiger charge is -2.21. The number of hydrogen-bond acceptors (Lipinski definition) is 4. The zero-order valence-electron chi connectivity index (χ0n) is 13.3. The van der Waals surface area contributed by atoms with Gasteiger partial charge in [-0.25, -0.2) is 9.78 Å². The quantitative estimate of drug-likeness (QED) is 0.857. The van der Waals surface area contributed by atoms with E-state index < -0.39 is 12.0 Å². The van der Waals surface area contributed by atoms with Crippen LogP contribution in [0.5, 0.6) is 0 Å². The van der Waals surface area contributed by atoms with E-state index in [2.05, 4.69) is 10.3 Å². The fourth-order valence-corrected chi connectivity index (χ4v) is 2.22. The second kappa shape index (κ2) is 6.60. The molecule has 6 nitrogen and oxygen atoms in total. The molecule has 0 unspecified atom stereocenters. The molecule has 0 bridgehead atoms. The Bertz CT molecular complexity index is 693. The normalized spacial score (nSPS) is 13.6. The van der Waals surface area contributed by atoms with Gasteiger partial charge in [0.15, 0.2) is 0 Å². The SMILES string of the molecule is CC[C@H](C)[C@H](NC(=O)c1cn2cc(C)ccc2n1)C(=O)OC. The van der Waals surface area contributed by atoms with Crippen LogP contribution >= 0.6 is 0 Å². The van der Waals surface area contributed by atoms with Crippen molar-refractivity contribution in [2.24, 2.45) is 5.92 Å². The minimum atomic E-state index is -0.672. The Morgan fingerprint density at radius 3 is 2.73 bits per heavy atom. The highest BCUT2D eigenvalue weighted by Gasteiger charge is 2.27. The Morgan fingerprint density at radius 1 is 1.36 bits per heavy atom. The van der Waals surface area contributed by atoms with E-state index in [9.17, 15) is 9.59 Å². The maximum Gasteiger partial charge on any atom is 0.328 e. The van der Waals surface area contributed by atoms with Gasteiger partial charge in [-0.3, -0.25) is 4.79 Å². The third kappa shape index (κ3) is 3.27. The summed E-state index contributed by atoms with van der Waals surface area (Å²) in [4.78, 5) is 28.5. The molecule has 2 aromatic rings. The largest absolute Gasteiger partial charge is 0.467 e. The Kier molecular flexibility index (Phi) is 4.80. The van der Waals surface area contributed by atoms with Crippen LogP contribution in [0.15, 0.2) is 24.5 Å². The van der Waals surface area contributed by atoms with Gasteiger partial charge in [-0.2, -0.15) is 0 Å². The van der Waals surface area contributed by atoms with E-state index in [1.54, 1.807) is 10.6 Å². The smallest absolute Gasteiger partial charge is 0.328 e. The van der Waals surface area contributed by atoms with Crippen LogP contribution in [0, 0.1) is 12.8 Å². The first-order chi connectivity index (χ1) is 10.5. The van der Waals surface area contributed by atoms with Gasteiger partial charge >= 0.3 is 5.97 Å². The average molecular weight is 303 g/mol. The molecule has 0 aliphatic carbocycles. The van der Waals surface area contributed by atoms with E-state index in [-0.39, 0.29) is 17.5 Å². The third-order valence-electron chi connectivity index (χ3n) is 3.79. The van der Waals surface area contributed by atoms with Gasteiger partial charge in [0.2, 0.25) is 0 Å². The highest BCUT2D eigenvalue weighted by atomic mass is 16.5. The predicted octanol–water partition coefficient (Wildman–Crippen LogP) is 1.96. The van der Waals surface area contributed by atoms with E-state index in [0.29, 0.717) is 5.65 Å². The summed E-state index contributed by atoms with van der Waals surface area (Å²) in [6, 6.07) is 3.10. The predicted molar refractivity (Wildman–Crippen MR) is 82.7 cm³/mol. The van der Waals surface area contributed by atoms with Crippen molar-refractivity contribution < 1.29 is 14.3 Å². The molecule has 1 N–H and O–H groups in total. The number of hydrogen-bond donors (Lipinski definition) is 1. The fraction of sp³-hybridized carbons (Fsp3) is 0.438. The number of aromatic nitrogens is 2. The first kappa shape index (κ1) is 16.0. The fourth-order valence-electron chi connectivity index (χ4n) is 2.22. The molecule has 0 fully saturated rings. The highest BCUT2D eigenvalue weighted by Crippen LogP contribution is 2.12. The molecule has 0 aliphatic rings. The van der Waals surface area contributed by atoms with Gasteiger partial charge < -0.3 is 14.5 Å². The van der Waals surface area contributed by atoms with Gasteiger partial charge in [0, 0.05) is 12.4 Å². The number of rotatable bonds is 5. The van der Waals surface area contributed by atoms with E-state index in [4.69, 9.17) is 4.74 Å². The van der Waals surface area contributed by atoms with Crippen molar-refractivity contribution in [2.75, 3.05) is 7.11 Å². The average Bonchev–Trinajstić information content (AvgIpc) is 2.93. The number of amides is 1. The molecule has 0 spiro atoms. The highest BCUT2D eigenvalue weighted by molar-refractivity contribution is 5.95. The number of nitrogens with one attached hydrogen (secondary N) is 1. The molecule has 0 radical (unpaired) electrons. The molecule has 1 amide bonds. The van der Waals surface area contributed by atoms with Crippen LogP contribution < -0.4 is 5.32 Å². The molecule has 118 valence electrons. The topological polar surface area (TPSA) is 72.7 Å². The van der Waals surface area contributed by atoms with Crippen molar-refractivity contribution in [3.05, 3.63) is 35.8 Å². The van der Waals surface area contributed by atoms with E-state index in [1.807, 2.05) is 39.1 Å². The van der Waals surface area contributed by atoms with Crippen molar-refractivity contribution >= 4 is 17.5 Å². The van der Waals surface area contributed by atoms with Crippen molar-refractivity contribution in [1.29, 1.82) is 0 Å². The number of imidazole rings is 1. The lowest BCUT2D eigenvalue weighted by atomic mass is 9.99. The summed E-state index contributed by atoms with van der Waals surface area (Å²) in [7, 11) is 1.32. The van der Waals surface area contributed by atoms with Gasteiger partial charge in [-0.05, 0) is 24.5 Å². The number of fused-ring (bicyclic) bond motifs is 1. The lowest BCUT2D eigenvalue weighted by molar-refractivity contribution is -0.144. The van der Waals surface area contributed by atoms with Crippen LogP contribution in [-0.4, -0.2) is 34.4 Å². The van der Waals surface area contributed by atoms with Crippen LogP contribution in [-0.2, 0) is 9.53 Å². The molecule has 2 rings (SSSR count). The standard InChI is InChI=1S/C16H21N3O3/c1-5-11(3)14(16(21)22-4)18-15(20)12-9-19-8-10(2)6-7-13(19)17-12/h6-9,11,14H,5H2,1-4H3,(H,18,20)/t11-,14-/m0/s1. The van der Waals surface area contributed by atoms with E-state index in [0.717, 1.165) is 12.0 Å². The summed E-state index contributed by atoms with van der Waals surface area (Å²) < 4.78 is 6.56. The summed E-state index contributed by atoms with van der Waals surface area (Å²) in [6.45, 7) is 5.82. The van der Waals surface area contributed by atoms with Crippen LogP contribution in [0.4, 0.5) is 0 Å². The van der Waals surface area contributed by atoms with Crippen molar-refractivity contribution in [1.82, 2.24) is 14.7 Å². The van der Waals surface area contributed by atoms with Gasteiger partial charge in [0.25, 0.3) is 5.91 Å². The number of methoxy groups -OCH3 is 1. The monoisotopic (exact) mass is 303 g/mol. The van der Waals surface area contributed by atoms with Crippen molar-refractivity contribution in [3.8, 4) is 0 Å². The molecule has 2 atom stereocenters. The minimum Gasteiger partial charge on any atom is -0.467 e. The van der Waals surface area contributed by atoms with Gasteiger partial charge in [-0.15, -0.1) is 0 Å². The third-order valence-corrected chi connectivity index (χ3v) is 3.79. The second-order valence-electron chi connectivity index (χ2n) is 5.46. The summed E-state index contributed by atoms with van der Waals surface area (Å²) in [5, 5.41) is 2.72. The van der Waals surface area contributed by atoms with Crippen LogP contribution in [0.3, 0.4) is 0 Å². The number of carbonyl (C=O) groups excluding carboxylic acids is 2. The van der Waals surface area contributed by atoms with Crippen molar-refractivity contribution in [2.45, 2.75) is 33.2 Å². The Balaban J connectivity index is 2.22. The van der Waals surface area contributed by atoms with Crippen molar-refractivity contribution in [3.63, 3.8) is 0 Å². The number of esters is 1. The number of aryl methyl sites for hydroxylation is 1. The minimum absolute atomic E-state index is 0.0179. The van der Waals surface area contributed by atoms with Crippen LogP contribution in [0.2, 0.25) is 0 Å². The first-order valence-corrected chi connectivity index (χ1v) is 7.30. The van der Waals surface area contributed by atoms with Crippen LogP contribution in [0.1, 0.15) is 36.3 Å². The molecule has 6 heteroatoms. The molecule has 22 heavy (non-hydrogen) atoms. The lowest BCUT2D eigenvalue weighted by Crippen LogP contribution is -2.45. The Hall–Kier alpha value is -2.37. The molecule has 2 aromatic heterocycles. The molecule has 0 saturated heterocycles. The Labute approximate surface area is 129 Å². The molecule has 0 aromatic carbocycles. The molecule has 2 heterocycles. The molecule has 0 saturated carbocycles. The summed E-state index contributed by atoms with van der Waals surface area (Å²) in [5.74, 6) is -0.838. The maximum absolute atomic E-state index is 12.4. The molecule has 0 aliphatic heterocycles.